The van der Waals surface area contributed by atoms with E-state index < -0.39 is 37.6 Å². The van der Waals surface area contributed by atoms with Gasteiger partial charge >= 0.3 is 5.97 Å². The second-order valence-corrected chi connectivity index (χ2v) is 6.87. The Morgan fingerprint density at radius 1 is 1.43 bits per heavy atom. The van der Waals surface area contributed by atoms with Crippen LogP contribution in [0.1, 0.15) is 19.8 Å². The van der Waals surface area contributed by atoms with Crippen LogP contribution in [0.15, 0.2) is 17.0 Å². The number of benzene rings is 1. The van der Waals surface area contributed by atoms with E-state index in [1.165, 1.54) is 0 Å². The lowest BCUT2D eigenvalue weighted by Gasteiger charge is -2.13. The minimum atomic E-state index is -4.12. The molecule has 0 aliphatic heterocycles. The van der Waals surface area contributed by atoms with E-state index in [1.807, 2.05) is 0 Å². The van der Waals surface area contributed by atoms with Crippen LogP contribution in [0.5, 0.6) is 0 Å². The van der Waals surface area contributed by atoms with E-state index in [4.69, 9.17) is 28.3 Å². The molecule has 2 N–H and O–H groups in total. The van der Waals surface area contributed by atoms with Crippen molar-refractivity contribution in [3.05, 3.63) is 28.0 Å². The summed E-state index contributed by atoms with van der Waals surface area (Å²) in [5, 5.41) is 8.04. The molecule has 0 heterocycles. The van der Waals surface area contributed by atoms with Crippen molar-refractivity contribution in [1.82, 2.24) is 4.72 Å². The van der Waals surface area contributed by atoms with E-state index in [9.17, 15) is 17.6 Å². The third-order valence-corrected chi connectivity index (χ3v) is 5.03. The van der Waals surface area contributed by atoms with E-state index in [0.29, 0.717) is 12.8 Å². The third kappa shape index (κ3) is 4.54. The Morgan fingerprint density at radius 2 is 2.05 bits per heavy atom. The van der Waals surface area contributed by atoms with Gasteiger partial charge in [0.15, 0.2) is 5.82 Å². The summed E-state index contributed by atoms with van der Waals surface area (Å²) in [6, 6.07) is 2.13. The molecule has 118 valence electrons. The maximum Gasteiger partial charge on any atom is 0.307 e. The second kappa shape index (κ2) is 7.40. The summed E-state index contributed by atoms with van der Waals surface area (Å²) in [6.45, 7) is 1.49. The zero-order chi connectivity index (χ0) is 16.2. The Hall–Kier alpha value is -0.890. The van der Waals surface area contributed by atoms with Crippen molar-refractivity contribution >= 4 is 39.2 Å². The van der Waals surface area contributed by atoms with Crippen LogP contribution in [0.3, 0.4) is 0 Å². The van der Waals surface area contributed by atoms with E-state index >= 15 is 0 Å². The molecule has 1 rings (SSSR count). The van der Waals surface area contributed by atoms with Crippen LogP contribution in [0.25, 0.3) is 0 Å². The van der Waals surface area contributed by atoms with Gasteiger partial charge in [-0.2, -0.15) is 0 Å². The summed E-state index contributed by atoms with van der Waals surface area (Å²) < 4.78 is 39.7. The molecule has 0 bridgehead atoms. The third-order valence-electron chi connectivity index (χ3n) is 2.80. The highest BCUT2D eigenvalue weighted by atomic mass is 35.5. The Labute approximate surface area is 132 Å². The molecule has 5 nitrogen and oxygen atoms in total. The number of sulfonamides is 1. The molecule has 9 heteroatoms. The fraction of sp³-hybridized carbons (Fsp3) is 0.417. The molecule has 0 saturated carbocycles. The molecule has 1 unspecified atom stereocenters. The summed E-state index contributed by atoms with van der Waals surface area (Å²) in [4.78, 5) is 10.5. The molecule has 0 aliphatic rings. The topological polar surface area (TPSA) is 83.5 Å². The van der Waals surface area contributed by atoms with Crippen molar-refractivity contribution in [2.45, 2.75) is 24.7 Å². The van der Waals surface area contributed by atoms with Crippen molar-refractivity contribution in [2.24, 2.45) is 5.92 Å². The first-order valence-electron chi connectivity index (χ1n) is 6.06. The lowest BCUT2D eigenvalue weighted by atomic mass is 10.1. The van der Waals surface area contributed by atoms with E-state index in [2.05, 4.69) is 4.72 Å². The normalized spacial score (nSPS) is 13.1. The molecule has 21 heavy (non-hydrogen) atoms. The Bertz CT molecular complexity index is 636. The number of carboxylic acid groups (broad SMARTS) is 1. The smallest absolute Gasteiger partial charge is 0.307 e. The van der Waals surface area contributed by atoms with Crippen LogP contribution in [-0.2, 0) is 14.8 Å². The SMILES string of the molecule is CCCC(CNS(=O)(=O)c1ccc(Cl)c(F)c1Cl)C(=O)O. The predicted octanol–water partition coefficient (Wildman–Crippen LogP) is 2.91. The van der Waals surface area contributed by atoms with Crippen LogP contribution in [-0.4, -0.2) is 26.0 Å². The summed E-state index contributed by atoms with van der Waals surface area (Å²) >= 11 is 11.1. The zero-order valence-corrected chi connectivity index (χ0v) is 13.4. The number of hydrogen-bond acceptors (Lipinski definition) is 3. The average Bonchev–Trinajstić information content (AvgIpc) is 2.40. The molecule has 0 radical (unpaired) electrons. The zero-order valence-electron chi connectivity index (χ0n) is 11.1. The summed E-state index contributed by atoms with van der Waals surface area (Å²) in [6.07, 6.45) is 0.912. The minimum Gasteiger partial charge on any atom is -0.481 e. The van der Waals surface area contributed by atoms with E-state index in [1.54, 1.807) is 6.92 Å². The van der Waals surface area contributed by atoms with Crippen LogP contribution < -0.4 is 4.72 Å². The van der Waals surface area contributed by atoms with Crippen molar-refractivity contribution in [3.63, 3.8) is 0 Å². The van der Waals surface area contributed by atoms with Crippen molar-refractivity contribution in [2.75, 3.05) is 6.54 Å². The summed E-state index contributed by atoms with van der Waals surface area (Å²) in [5.41, 5.74) is 0. The van der Waals surface area contributed by atoms with Crippen molar-refractivity contribution < 1.29 is 22.7 Å². The fourth-order valence-corrected chi connectivity index (χ4v) is 3.49. The first kappa shape index (κ1) is 18.2. The highest BCUT2D eigenvalue weighted by molar-refractivity contribution is 7.89. The van der Waals surface area contributed by atoms with Gasteiger partial charge in [0.2, 0.25) is 10.0 Å². The molecule has 1 aromatic carbocycles. The first-order valence-corrected chi connectivity index (χ1v) is 8.30. The standard InChI is InChI=1S/C12H14Cl2FNO4S/c1-2-3-7(12(17)18)6-16-21(19,20)9-5-4-8(13)11(15)10(9)14/h4-5,7,16H,2-3,6H2,1H3,(H,17,18). The number of hydrogen-bond donors (Lipinski definition) is 2. The molecular weight excluding hydrogens is 344 g/mol. The van der Waals surface area contributed by atoms with Gasteiger partial charge in [-0.1, -0.05) is 36.5 Å². The quantitative estimate of drug-likeness (QED) is 0.734. The van der Waals surface area contributed by atoms with E-state index in [0.717, 1.165) is 12.1 Å². The lowest BCUT2D eigenvalue weighted by Crippen LogP contribution is -2.33. The first-order chi connectivity index (χ1) is 9.70. The Kier molecular flexibility index (Phi) is 6.40. The van der Waals surface area contributed by atoms with E-state index in [-0.39, 0.29) is 11.6 Å². The fourth-order valence-electron chi connectivity index (χ4n) is 1.67. The molecule has 0 aromatic heterocycles. The molecule has 0 aliphatic carbocycles. The van der Waals surface area contributed by atoms with Gasteiger partial charge in [-0.25, -0.2) is 17.5 Å². The number of carbonyl (C=O) groups is 1. The highest BCUT2D eigenvalue weighted by Gasteiger charge is 2.24. The minimum absolute atomic E-state index is 0.298. The monoisotopic (exact) mass is 357 g/mol. The van der Waals surface area contributed by atoms with Gasteiger partial charge in [0.05, 0.1) is 16.0 Å². The Morgan fingerprint density at radius 3 is 2.57 bits per heavy atom. The Balaban J connectivity index is 2.97. The second-order valence-electron chi connectivity index (χ2n) is 4.35. The predicted molar refractivity (Wildman–Crippen MR) is 77.6 cm³/mol. The van der Waals surface area contributed by atoms with Gasteiger partial charge in [-0.05, 0) is 18.6 Å². The van der Waals surface area contributed by atoms with Crippen LogP contribution in [0, 0.1) is 11.7 Å². The van der Waals surface area contributed by atoms with Crippen molar-refractivity contribution in [1.29, 1.82) is 0 Å². The van der Waals surface area contributed by atoms with Crippen LogP contribution in [0.2, 0.25) is 10.0 Å². The molecule has 0 fully saturated rings. The number of nitrogens with one attached hydrogen (secondary N) is 1. The number of halogens is 3. The molecule has 1 aromatic rings. The largest absolute Gasteiger partial charge is 0.481 e. The molecule has 0 saturated heterocycles. The van der Waals surface area contributed by atoms with Gasteiger partial charge < -0.3 is 5.11 Å². The summed E-state index contributed by atoms with van der Waals surface area (Å²) in [7, 11) is -4.12. The van der Waals surface area contributed by atoms with Gasteiger partial charge in [0.25, 0.3) is 0 Å². The maximum absolute atomic E-state index is 13.5. The molecule has 0 spiro atoms. The number of carboxylic acids is 1. The van der Waals surface area contributed by atoms with Gasteiger partial charge in [-0.3, -0.25) is 4.79 Å². The molecular formula is C12H14Cl2FNO4S. The van der Waals surface area contributed by atoms with Crippen LogP contribution >= 0.6 is 23.2 Å². The highest BCUT2D eigenvalue weighted by Crippen LogP contribution is 2.29. The van der Waals surface area contributed by atoms with Gasteiger partial charge in [-0.15, -0.1) is 0 Å². The van der Waals surface area contributed by atoms with Crippen LogP contribution in [0.4, 0.5) is 4.39 Å². The molecule has 1 atom stereocenters. The van der Waals surface area contributed by atoms with Crippen molar-refractivity contribution in [3.8, 4) is 0 Å². The number of rotatable bonds is 7. The van der Waals surface area contributed by atoms with Gasteiger partial charge in [0, 0.05) is 6.54 Å². The number of aliphatic carboxylic acids is 1. The molecule has 0 amide bonds. The maximum atomic E-state index is 13.5. The summed E-state index contributed by atoms with van der Waals surface area (Å²) in [5.74, 6) is -3.00. The lowest BCUT2D eigenvalue weighted by molar-refractivity contribution is -0.141. The van der Waals surface area contributed by atoms with Gasteiger partial charge in [0.1, 0.15) is 4.90 Å². The average molecular weight is 358 g/mol.